The van der Waals surface area contributed by atoms with E-state index in [0.29, 0.717) is 36.0 Å². The summed E-state index contributed by atoms with van der Waals surface area (Å²) in [7, 11) is 1.50. The highest BCUT2D eigenvalue weighted by molar-refractivity contribution is 6.32. The van der Waals surface area contributed by atoms with Gasteiger partial charge < -0.3 is 19.1 Å². The number of carbonyl (C=O) groups is 2. The first kappa shape index (κ1) is 27.2. The van der Waals surface area contributed by atoms with Gasteiger partial charge >= 0.3 is 5.97 Å². The van der Waals surface area contributed by atoms with Crippen molar-refractivity contribution in [3.05, 3.63) is 64.2 Å². The maximum atomic E-state index is 15.3. The molecule has 1 aromatic heterocycles. The lowest BCUT2D eigenvalue weighted by Gasteiger charge is -2.28. The van der Waals surface area contributed by atoms with Gasteiger partial charge in [0.2, 0.25) is 0 Å². The Morgan fingerprint density at radius 1 is 1.25 bits per heavy atom. The third-order valence-electron chi connectivity index (χ3n) is 5.63. The van der Waals surface area contributed by atoms with Crippen LogP contribution in [0.3, 0.4) is 0 Å². The van der Waals surface area contributed by atoms with Gasteiger partial charge in [0, 0.05) is 36.7 Å². The van der Waals surface area contributed by atoms with E-state index >= 15 is 4.39 Å². The van der Waals surface area contributed by atoms with Gasteiger partial charge in [-0.1, -0.05) is 23.6 Å². The zero-order valence-electron chi connectivity index (χ0n) is 20.3. The molecule has 0 radical (unpaired) electrons. The minimum Gasteiger partial charge on any atom is -0.476 e. The molecule has 0 fully saturated rings. The molecule has 3 rings (SSSR count). The van der Waals surface area contributed by atoms with Crippen LogP contribution in [0, 0.1) is 18.2 Å². The van der Waals surface area contributed by atoms with Crippen molar-refractivity contribution in [1.29, 1.82) is 0 Å². The van der Waals surface area contributed by atoms with Crippen LogP contribution in [0.15, 0.2) is 47.8 Å². The number of ether oxygens (including phenoxy) is 3. The second-order valence-electron chi connectivity index (χ2n) is 8.21. The third kappa shape index (κ3) is 6.84. The molecule has 9 heteroatoms. The van der Waals surface area contributed by atoms with Crippen LogP contribution in [0.4, 0.5) is 10.1 Å². The first-order valence-electron chi connectivity index (χ1n) is 11.6. The lowest BCUT2D eigenvalue weighted by atomic mass is 9.90. The molecule has 1 aliphatic rings. The quantitative estimate of drug-likeness (QED) is 0.256. The van der Waals surface area contributed by atoms with Crippen molar-refractivity contribution in [2.24, 2.45) is 0 Å². The Morgan fingerprint density at radius 3 is 2.67 bits per heavy atom. The van der Waals surface area contributed by atoms with Gasteiger partial charge in [0.15, 0.2) is 6.10 Å². The number of halogens is 2. The van der Waals surface area contributed by atoms with Crippen LogP contribution in [-0.4, -0.2) is 43.3 Å². The topological polar surface area (TPSA) is 78.0 Å². The molecule has 1 atom stereocenters. The molecule has 2 aromatic rings. The van der Waals surface area contributed by atoms with Gasteiger partial charge in [-0.05, 0) is 50.3 Å². The zero-order valence-corrected chi connectivity index (χ0v) is 21.0. The molecule has 1 amide bonds. The second-order valence-corrected chi connectivity index (χ2v) is 8.61. The normalized spacial score (nSPS) is 14.1. The monoisotopic (exact) mass is 514 g/mol. The average Bonchev–Trinajstić information content (AvgIpc) is 2.89. The van der Waals surface area contributed by atoms with Gasteiger partial charge in [0.25, 0.3) is 5.91 Å². The van der Waals surface area contributed by atoms with Crippen molar-refractivity contribution >= 4 is 29.2 Å². The Balaban J connectivity index is 2.06. The van der Waals surface area contributed by atoms with Crippen LogP contribution in [0.25, 0.3) is 0 Å². The molecule has 0 N–H and O–H groups in total. The van der Waals surface area contributed by atoms with Crippen molar-refractivity contribution in [1.82, 2.24) is 4.98 Å². The maximum Gasteiger partial charge on any atom is 0.334 e. The number of benzene rings is 1. The predicted octanol–water partition coefficient (Wildman–Crippen LogP) is 4.87. The van der Waals surface area contributed by atoms with E-state index in [0.717, 1.165) is 12.5 Å². The number of rotatable bonds is 10. The number of amides is 1. The van der Waals surface area contributed by atoms with Crippen molar-refractivity contribution in [2.75, 3.05) is 25.2 Å². The highest BCUT2D eigenvalue weighted by Gasteiger charge is 2.31. The summed E-state index contributed by atoms with van der Waals surface area (Å²) in [6, 6.07) is 5.92. The molecule has 0 saturated heterocycles. The number of esters is 1. The largest absolute Gasteiger partial charge is 0.476 e. The fraction of sp³-hybridized carbons (Fsp3) is 0.370. The molecule has 36 heavy (non-hydrogen) atoms. The van der Waals surface area contributed by atoms with Crippen molar-refractivity contribution in [3.8, 4) is 18.1 Å². The van der Waals surface area contributed by atoms with E-state index in [9.17, 15) is 9.59 Å². The lowest BCUT2D eigenvalue weighted by molar-refractivity contribution is -0.140. The van der Waals surface area contributed by atoms with E-state index in [1.165, 1.54) is 18.1 Å². The van der Waals surface area contributed by atoms with Crippen LogP contribution in [0.1, 0.15) is 38.2 Å². The van der Waals surface area contributed by atoms with Crippen LogP contribution in [-0.2, 0) is 25.6 Å². The maximum absolute atomic E-state index is 15.3. The molecule has 1 unspecified atom stereocenters. The molecule has 0 spiro atoms. The number of hydrogen-bond donors (Lipinski definition) is 0. The smallest absolute Gasteiger partial charge is 0.334 e. The molecule has 0 bridgehead atoms. The fourth-order valence-corrected chi connectivity index (χ4v) is 4.01. The molecule has 0 saturated carbocycles. The standard InChI is InChI=1S/C27H28ClFN2O5/c1-4-18(2)36-25-15-24(23(29)14-22(25)28)31(17-19-8-7-11-30-16-19)26(32)20-9-5-6-10-21(20)27(33)35-13-12-34-3/h1,7-8,11,14-16,18H,5-6,9-10,12-13,17H2,2-3H3. The molecular formula is C27H28ClFN2O5. The molecule has 0 aliphatic heterocycles. The van der Waals surface area contributed by atoms with Gasteiger partial charge in [-0.25, -0.2) is 9.18 Å². The van der Waals surface area contributed by atoms with Gasteiger partial charge in [0.05, 0.1) is 23.9 Å². The van der Waals surface area contributed by atoms with Gasteiger partial charge in [-0.15, -0.1) is 6.42 Å². The van der Waals surface area contributed by atoms with Crippen molar-refractivity contribution < 1.29 is 28.2 Å². The average molecular weight is 515 g/mol. The zero-order chi connectivity index (χ0) is 26.1. The summed E-state index contributed by atoms with van der Waals surface area (Å²) in [4.78, 5) is 32.1. The van der Waals surface area contributed by atoms with E-state index < -0.39 is 23.8 Å². The third-order valence-corrected chi connectivity index (χ3v) is 5.93. The van der Waals surface area contributed by atoms with Crippen molar-refractivity contribution in [3.63, 3.8) is 0 Å². The van der Waals surface area contributed by atoms with Crippen LogP contribution in [0.2, 0.25) is 5.02 Å². The number of methoxy groups -OCH3 is 1. The van der Waals surface area contributed by atoms with Gasteiger partial charge in [-0.2, -0.15) is 0 Å². The minimum absolute atomic E-state index is 0.00482. The summed E-state index contributed by atoms with van der Waals surface area (Å²) in [5, 5.41) is 0.0198. The Labute approximate surface area is 215 Å². The highest BCUT2D eigenvalue weighted by atomic mass is 35.5. The van der Waals surface area contributed by atoms with E-state index in [1.54, 1.807) is 31.5 Å². The first-order valence-corrected chi connectivity index (χ1v) is 11.9. The Kier molecular flexibility index (Phi) is 9.86. The number of nitrogens with zero attached hydrogens (tertiary/aromatic N) is 2. The number of carbonyl (C=O) groups excluding carboxylic acids is 2. The molecule has 1 aromatic carbocycles. The summed E-state index contributed by atoms with van der Waals surface area (Å²) in [5.74, 6) is 0.766. The summed E-state index contributed by atoms with van der Waals surface area (Å²) < 4.78 is 31.1. The Bertz CT molecular complexity index is 1160. The Hall–Kier alpha value is -3.41. The van der Waals surface area contributed by atoms with Crippen molar-refractivity contribution in [2.45, 2.75) is 45.3 Å². The number of terminal acetylenes is 1. The van der Waals surface area contributed by atoms with E-state index in [-0.39, 0.29) is 36.2 Å². The van der Waals surface area contributed by atoms with Gasteiger partial charge in [-0.3, -0.25) is 9.78 Å². The number of pyridine rings is 1. The molecule has 190 valence electrons. The number of aromatic nitrogens is 1. The molecule has 1 aliphatic carbocycles. The predicted molar refractivity (Wildman–Crippen MR) is 134 cm³/mol. The SMILES string of the molecule is C#CC(C)Oc1cc(N(Cc2cccnc2)C(=O)C2=C(C(=O)OCCOC)CCCC2)c(F)cc1Cl. The summed E-state index contributed by atoms with van der Waals surface area (Å²) in [6.07, 6.45) is 10.2. The first-order chi connectivity index (χ1) is 17.3. The lowest BCUT2D eigenvalue weighted by Crippen LogP contribution is -2.34. The number of anilines is 1. The van der Waals surface area contributed by atoms with Crippen LogP contribution >= 0.6 is 11.6 Å². The van der Waals surface area contributed by atoms with E-state index in [4.69, 9.17) is 32.2 Å². The summed E-state index contributed by atoms with van der Waals surface area (Å²) in [5.41, 5.74) is 1.20. The van der Waals surface area contributed by atoms with Gasteiger partial charge in [0.1, 0.15) is 18.2 Å². The second kappa shape index (κ2) is 13.1. The van der Waals surface area contributed by atoms with E-state index in [2.05, 4.69) is 10.9 Å². The Morgan fingerprint density at radius 2 is 2.00 bits per heavy atom. The highest BCUT2D eigenvalue weighted by Crippen LogP contribution is 2.36. The molecule has 1 heterocycles. The van der Waals surface area contributed by atoms with Crippen LogP contribution < -0.4 is 9.64 Å². The number of hydrogen-bond acceptors (Lipinski definition) is 6. The minimum atomic E-state index is -0.724. The molecular weight excluding hydrogens is 487 g/mol. The van der Waals surface area contributed by atoms with E-state index in [1.807, 2.05) is 0 Å². The summed E-state index contributed by atoms with van der Waals surface area (Å²) in [6.45, 7) is 1.96. The summed E-state index contributed by atoms with van der Waals surface area (Å²) >= 11 is 6.19. The fourth-order valence-electron chi connectivity index (χ4n) is 3.81. The molecule has 7 nitrogen and oxygen atoms in total. The van der Waals surface area contributed by atoms with Crippen LogP contribution in [0.5, 0.6) is 5.75 Å².